The van der Waals surface area contributed by atoms with Crippen LogP contribution in [0.2, 0.25) is 0 Å². The molecule has 1 aromatic heterocycles. The number of rotatable bonds is 9. The maximum Gasteiger partial charge on any atom is 0.0780 e. The second kappa shape index (κ2) is 16.7. The minimum Gasteiger partial charge on any atom is -0.398 e. The molecular formula is C48H48N4. The largest absolute Gasteiger partial charge is 0.398 e. The van der Waals surface area contributed by atoms with Crippen LogP contribution in [-0.2, 0) is 6.42 Å². The molecule has 2 aliphatic rings. The Morgan fingerprint density at radius 3 is 2.38 bits per heavy atom. The van der Waals surface area contributed by atoms with Crippen LogP contribution in [-0.4, -0.2) is 4.98 Å². The molecule has 1 unspecified atom stereocenters. The first-order valence-electron chi connectivity index (χ1n) is 18.3. The van der Waals surface area contributed by atoms with Crippen LogP contribution in [0.4, 0.5) is 11.4 Å². The third-order valence-corrected chi connectivity index (χ3v) is 9.50. The molecule has 4 heteroatoms. The number of nitrogens with one attached hydrogen (secondary N) is 1. The number of allylic oxidation sites excluding steroid dienone is 8. The lowest BCUT2D eigenvalue weighted by atomic mass is 9.77. The number of hydrogen-bond acceptors (Lipinski definition) is 4. The molecule has 1 aliphatic carbocycles. The fourth-order valence-corrected chi connectivity index (χ4v) is 6.87. The van der Waals surface area contributed by atoms with Crippen molar-refractivity contribution >= 4 is 51.8 Å². The zero-order chi connectivity index (χ0) is 36.5. The Morgan fingerprint density at radius 2 is 1.60 bits per heavy atom. The van der Waals surface area contributed by atoms with E-state index < -0.39 is 0 Å². The van der Waals surface area contributed by atoms with Crippen molar-refractivity contribution in [1.29, 1.82) is 0 Å². The van der Waals surface area contributed by atoms with Crippen LogP contribution in [0, 0.1) is 0 Å². The standard InChI is InChI=1S/C46H42N4.C2H6/c1-3-14-31(4-2)15-12-22-36-35(21-13-20-32-16-8-10-23-41(32)47)29-40-39(45(36)48)30-38(44-27-25-34-19-9-11-24-42(34)49-44)37-26-28-43(50-46(37)40)33-17-6-5-7-18-33;1-2/h3-14,16-20,22-30,46,50H,15,21,47-48H2,1-2H3;1-2H3/b14-3-,20-13-,22-12-,31-4+;. The van der Waals surface area contributed by atoms with Crippen molar-refractivity contribution in [3.8, 4) is 0 Å². The van der Waals surface area contributed by atoms with Gasteiger partial charge in [-0.25, -0.2) is 4.98 Å². The molecule has 260 valence electrons. The molecule has 7 rings (SSSR count). The van der Waals surface area contributed by atoms with Gasteiger partial charge < -0.3 is 16.8 Å². The van der Waals surface area contributed by atoms with Gasteiger partial charge in [-0.2, -0.15) is 0 Å². The van der Waals surface area contributed by atoms with E-state index in [9.17, 15) is 0 Å². The second-order valence-electron chi connectivity index (χ2n) is 12.7. The Balaban J connectivity index is 0.00000228. The van der Waals surface area contributed by atoms with Gasteiger partial charge in [0.1, 0.15) is 0 Å². The lowest BCUT2D eigenvalue weighted by molar-refractivity contribution is 0.732. The first-order chi connectivity index (χ1) is 25.5. The molecule has 0 radical (unpaired) electrons. The summed E-state index contributed by atoms with van der Waals surface area (Å²) in [5.41, 5.74) is 28.1. The molecule has 5 aromatic rings. The van der Waals surface area contributed by atoms with Gasteiger partial charge in [0, 0.05) is 39.2 Å². The maximum atomic E-state index is 7.27. The summed E-state index contributed by atoms with van der Waals surface area (Å²) >= 11 is 0. The van der Waals surface area contributed by atoms with E-state index in [4.69, 9.17) is 16.5 Å². The number of benzene rings is 4. The number of fused-ring (bicyclic) bond motifs is 4. The predicted octanol–water partition coefficient (Wildman–Crippen LogP) is 11.8. The predicted molar refractivity (Wildman–Crippen MR) is 226 cm³/mol. The van der Waals surface area contributed by atoms with Crippen molar-refractivity contribution in [3.05, 3.63) is 190 Å². The summed E-state index contributed by atoms with van der Waals surface area (Å²) < 4.78 is 0. The molecule has 1 aliphatic heterocycles. The molecule has 52 heavy (non-hydrogen) atoms. The van der Waals surface area contributed by atoms with E-state index in [0.29, 0.717) is 6.42 Å². The minimum absolute atomic E-state index is 0.115. The highest BCUT2D eigenvalue weighted by Crippen LogP contribution is 2.47. The Morgan fingerprint density at radius 1 is 0.827 bits per heavy atom. The molecule has 0 bridgehead atoms. The molecule has 0 amide bonds. The zero-order valence-electron chi connectivity index (χ0n) is 30.6. The van der Waals surface area contributed by atoms with E-state index in [-0.39, 0.29) is 6.04 Å². The van der Waals surface area contributed by atoms with Crippen molar-refractivity contribution in [2.75, 3.05) is 11.5 Å². The summed E-state index contributed by atoms with van der Waals surface area (Å²) in [7, 11) is 0. The average molecular weight is 681 g/mol. The summed E-state index contributed by atoms with van der Waals surface area (Å²) in [5, 5.41) is 5.03. The molecule has 0 saturated heterocycles. The maximum absolute atomic E-state index is 7.27. The summed E-state index contributed by atoms with van der Waals surface area (Å²) in [6.07, 6.45) is 23.3. The molecule has 4 nitrogen and oxygen atoms in total. The molecule has 0 fully saturated rings. The van der Waals surface area contributed by atoms with Gasteiger partial charge in [-0.15, -0.1) is 0 Å². The zero-order valence-corrected chi connectivity index (χ0v) is 30.6. The highest BCUT2D eigenvalue weighted by molar-refractivity contribution is 6.00. The number of hydrogen-bond donors (Lipinski definition) is 3. The fraction of sp³-hybridized carbons (Fsp3) is 0.146. The molecule has 2 heterocycles. The third-order valence-electron chi connectivity index (χ3n) is 9.50. The molecular weight excluding hydrogens is 633 g/mol. The van der Waals surface area contributed by atoms with Crippen molar-refractivity contribution in [2.45, 2.75) is 46.6 Å². The van der Waals surface area contributed by atoms with Crippen molar-refractivity contribution in [2.24, 2.45) is 0 Å². The normalized spacial score (nSPS) is 15.4. The number of nitrogens with zero attached hydrogens (tertiary/aromatic N) is 1. The van der Waals surface area contributed by atoms with Gasteiger partial charge in [-0.1, -0.05) is 141 Å². The van der Waals surface area contributed by atoms with E-state index in [1.54, 1.807) is 0 Å². The summed E-state index contributed by atoms with van der Waals surface area (Å²) in [6, 6.07) is 33.2. The number of anilines is 2. The lowest BCUT2D eigenvalue weighted by Crippen LogP contribution is -2.28. The molecule has 4 aromatic carbocycles. The Hall–Kier alpha value is -6.13. The Kier molecular flexibility index (Phi) is 11.5. The number of nitrogens with two attached hydrogens (primary N) is 2. The quantitative estimate of drug-likeness (QED) is 0.107. The summed E-state index contributed by atoms with van der Waals surface area (Å²) in [5.74, 6) is 0. The monoisotopic (exact) mass is 680 g/mol. The average Bonchev–Trinajstić information content (AvgIpc) is 3.19. The van der Waals surface area contributed by atoms with E-state index >= 15 is 0 Å². The molecule has 0 spiro atoms. The van der Waals surface area contributed by atoms with Crippen molar-refractivity contribution in [3.63, 3.8) is 0 Å². The van der Waals surface area contributed by atoms with Crippen LogP contribution in [0.3, 0.4) is 0 Å². The lowest BCUT2D eigenvalue weighted by Gasteiger charge is -2.35. The van der Waals surface area contributed by atoms with Crippen LogP contribution in [0.5, 0.6) is 0 Å². The van der Waals surface area contributed by atoms with E-state index in [2.05, 4.69) is 134 Å². The number of nitrogen functional groups attached to an aromatic ring is 2. The van der Waals surface area contributed by atoms with Crippen LogP contribution in [0.1, 0.15) is 79.2 Å². The SMILES string of the molecule is C/C=C\C(=C/C)C/C=C\c1c(C/C=C\c2ccccc2N)cc2c(c1N)C=C(c1ccc3ccccc3n1)C1=CC=C(c3ccccc3)NC12.CC. The van der Waals surface area contributed by atoms with Crippen LogP contribution < -0.4 is 16.8 Å². The second-order valence-corrected chi connectivity index (χ2v) is 12.7. The van der Waals surface area contributed by atoms with Crippen LogP contribution in [0.25, 0.3) is 40.4 Å². The van der Waals surface area contributed by atoms with Gasteiger partial charge >= 0.3 is 0 Å². The summed E-state index contributed by atoms with van der Waals surface area (Å²) in [4.78, 5) is 5.14. The number of aromatic nitrogens is 1. The highest BCUT2D eigenvalue weighted by Gasteiger charge is 2.32. The van der Waals surface area contributed by atoms with E-state index in [1.807, 2.05) is 57.2 Å². The molecule has 5 N–H and O–H groups in total. The Bertz CT molecular complexity index is 2280. The molecule has 1 atom stereocenters. The highest BCUT2D eigenvalue weighted by atomic mass is 14.9. The number of pyridine rings is 1. The molecule has 0 saturated carbocycles. The topological polar surface area (TPSA) is 77.0 Å². The van der Waals surface area contributed by atoms with Gasteiger partial charge in [0.05, 0.1) is 17.3 Å². The third kappa shape index (κ3) is 7.62. The van der Waals surface area contributed by atoms with Gasteiger partial charge in [0.15, 0.2) is 0 Å². The van der Waals surface area contributed by atoms with Crippen molar-refractivity contribution < 1.29 is 0 Å². The van der Waals surface area contributed by atoms with Crippen molar-refractivity contribution in [1.82, 2.24) is 10.3 Å². The van der Waals surface area contributed by atoms with Crippen LogP contribution >= 0.6 is 0 Å². The first kappa shape index (κ1) is 35.7. The van der Waals surface area contributed by atoms with E-state index in [1.165, 1.54) is 11.1 Å². The number of dihydropyridines is 1. The Labute approximate surface area is 309 Å². The van der Waals surface area contributed by atoms with E-state index in [0.717, 1.165) is 79.0 Å². The fourth-order valence-electron chi connectivity index (χ4n) is 6.87. The summed E-state index contributed by atoms with van der Waals surface area (Å²) in [6.45, 7) is 8.13. The minimum atomic E-state index is -0.115. The van der Waals surface area contributed by atoms with Gasteiger partial charge in [-0.05, 0) is 90.4 Å². The number of para-hydroxylation sites is 2. The van der Waals surface area contributed by atoms with Gasteiger partial charge in [0.2, 0.25) is 0 Å². The first-order valence-corrected chi connectivity index (χ1v) is 18.3. The van der Waals surface area contributed by atoms with Gasteiger partial charge in [0.25, 0.3) is 0 Å². The van der Waals surface area contributed by atoms with Gasteiger partial charge in [-0.3, -0.25) is 0 Å². The van der Waals surface area contributed by atoms with Crippen LogP contribution in [0.15, 0.2) is 151 Å². The smallest absolute Gasteiger partial charge is 0.0780 e.